The lowest BCUT2D eigenvalue weighted by Crippen LogP contribution is -2.16. The Morgan fingerprint density at radius 2 is 1.90 bits per heavy atom. The lowest BCUT2D eigenvalue weighted by atomic mass is 10.1. The van der Waals surface area contributed by atoms with Gasteiger partial charge in [-0.2, -0.15) is 0 Å². The lowest BCUT2D eigenvalue weighted by molar-refractivity contribution is 0.0659. The molecule has 2 rings (SSSR count). The molecule has 2 N–H and O–H groups in total. The number of aromatic carboxylic acids is 1. The van der Waals surface area contributed by atoms with Gasteiger partial charge >= 0.3 is 5.97 Å². The van der Waals surface area contributed by atoms with Crippen LogP contribution in [0.5, 0.6) is 0 Å². The Morgan fingerprint density at radius 1 is 1.24 bits per heavy atom. The van der Waals surface area contributed by atoms with E-state index < -0.39 is 17.6 Å². The van der Waals surface area contributed by atoms with Gasteiger partial charge in [0, 0.05) is 11.6 Å². The highest BCUT2D eigenvalue weighted by Crippen LogP contribution is 2.14. The number of nitrogens with one attached hydrogen (secondary N) is 1. The first-order chi connectivity index (χ1) is 9.95. The topological polar surface area (TPSA) is 62.5 Å². The molecule has 2 aromatic rings. The molecule has 21 heavy (non-hydrogen) atoms. The van der Waals surface area contributed by atoms with Crippen LogP contribution in [0.2, 0.25) is 0 Å². The first kappa shape index (κ1) is 15.2. The van der Waals surface area contributed by atoms with Crippen LogP contribution in [0.25, 0.3) is 0 Å². The second-order valence-corrected chi connectivity index (χ2v) is 4.73. The van der Waals surface area contributed by atoms with Crippen LogP contribution in [-0.4, -0.2) is 17.6 Å². The van der Waals surface area contributed by atoms with E-state index in [1.807, 2.05) is 0 Å². The molecule has 0 amide bonds. The minimum atomic E-state index is -1.10. The van der Waals surface area contributed by atoms with E-state index in [4.69, 9.17) is 9.52 Å². The number of carboxylic acid groups (broad SMARTS) is 1. The number of hydrogen-bond donors (Lipinski definition) is 2. The Balaban J connectivity index is 1.84. The molecule has 0 saturated heterocycles. The van der Waals surface area contributed by atoms with Crippen molar-refractivity contribution in [3.8, 4) is 0 Å². The molecule has 0 unspecified atom stereocenters. The minimum absolute atomic E-state index is 0.0704. The summed E-state index contributed by atoms with van der Waals surface area (Å²) in [6, 6.07) is 5.04. The fourth-order valence-electron chi connectivity index (χ4n) is 2.05. The second-order valence-electron chi connectivity index (χ2n) is 4.73. The second kappa shape index (κ2) is 6.49. The van der Waals surface area contributed by atoms with E-state index in [9.17, 15) is 13.6 Å². The maximum Gasteiger partial charge on any atom is 0.372 e. The SMILES string of the molecule is Cc1cc(CNCCc2cc(F)cc(F)c2)oc1C(=O)O. The van der Waals surface area contributed by atoms with Crippen molar-refractivity contribution in [2.75, 3.05) is 6.54 Å². The monoisotopic (exact) mass is 295 g/mol. The Labute approximate surface area is 120 Å². The summed E-state index contributed by atoms with van der Waals surface area (Å²) in [6.07, 6.45) is 0.458. The predicted molar refractivity (Wildman–Crippen MR) is 72.2 cm³/mol. The van der Waals surface area contributed by atoms with Crippen molar-refractivity contribution >= 4 is 5.97 Å². The van der Waals surface area contributed by atoms with E-state index in [0.29, 0.717) is 36.4 Å². The number of furan rings is 1. The van der Waals surface area contributed by atoms with Crippen LogP contribution >= 0.6 is 0 Å². The average molecular weight is 295 g/mol. The van der Waals surface area contributed by atoms with Gasteiger partial charge in [-0.15, -0.1) is 0 Å². The summed E-state index contributed by atoms with van der Waals surface area (Å²) >= 11 is 0. The number of halogens is 2. The zero-order valence-corrected chi connectivity index (χ0v) is 11.5. The lowest BCUT2D eigenvalue weighted by Gasteiger charge is -2.04. The highest BCUT2D eigenvalue weighted by Gasteiger charge is 2.13. The standard InChI is InChI=1S/C15H15F2NO3/c1-9-4-13(21-14(9)15(19)20)8-18-3-2-10-5-11(16)7-12(17)6-10/h4-7,18H,2-3,8H2,1H3,(H,19,20). The van der Waals surface area contributed by atoms with Crippen molar-refractivity contribution < 1.29 is 23.1 Å². The fraction of sp³-hybridized carbons (Fsp3) is 0.267. The van der Waals surface area contributed by atoms with Crippen molar-refractivity contribution in [1.29, 1.82) is 0 Å². The number of aryl methyl sites for hydroxylation is 1. The summed E-state index contributed by atoms with van der Waals surface area (Å²) in [4.78, 5) is 10.8. The number of carbonyl (C=O) groups is 1. The van der Waals surface area contributed by atoms with E-state index in [1.54, 1.807) is 13.0 Å². The molecule has 6 heteroatoms. The molecule has 0 aliphatic heterocycles. The van der Waals surface area contributed by atoms with Gasteiger partial charge in [-0.25, -0.2) is 13.6 Å². The third-order valence-electron chi connectivity index (χ3n) is 2.98. The van der Waals surface area contributed by atoms with Gasteiger partial charge in [-0.1, -0.05) is 0 Å². The van der Waals surface area contributed by atoms with Gasteiger partial charge in [0.2, 0.25) is 5.76 Å². The molecule has 112 valence electrons. The van der Waals surface area contributed by atoms with Gasteiger partial charge in [0.05, 0.1) is 6.54 Å². The molecule has 0 fully saturated rings. The fourth-order valence-corrected chi connectivity index (χ4v) is 2.05. The Morgan fingerprint density at radius 3 is 2.48 bits per heavy atom. The van der Waals surface area contributed by atoms with E-state index >= 15 is 0 Å². The first-order valence-electron chi connectivity index (χ1n) is 6.44. The zero-order chi connectivity index (χ0) is 15.4. The molecule has 0 spiro atoms. The summed E-state index contributed by atoms with van der Waals surface area (Å²) < 4.78 is 31.2. The number of carboxylic acids is 1. The summed E-state index contributed by atoms with van der Waals surface area (Å²) in [6.45, 7) is 2.50. The molecule has 4 nitrogen and oxygen atoms in total. The van der Waals surface area contributed by atoms with Gasteiger partial charge in [0.25, 0.3) is 0 Å². The van der Waals surface area contributed by atoms with Crippen molar-refractivity contribution in [2.24, 2.45) is 0 Å². The molecule has 1 aromatic heterocycles. The maximum absolute atomic E-state index is 13.0. The molecule has 0 aliphatic rings. The molecular formula is C15H15F2NO3. The van der Waals surface area contributed by atoms with Crippen LogP contribution < -0.4 is 5.32 Å². The highest BCUT2D eigenvalue weighted by atomic mass is 19.1. The van der Waals surface area contributed by atoms with Crippen LogP contribution in [0.15, 0.2) is 28.7 Å². The molecule has 1 heterocycles. The van der Waals surface area contributed by atoms with Crippen molar-refractivity contribution in [2.45, 2.75) is 19.9 Å². The van der Waals surface area contributed by atoms with E-state index in [2.05, 4.69) is 5.32 Å². The minimum Gasteiger partial charge on any atom is -0.475 e. The molecular weight excluding hydrogens is 280 g/mol. The third kappa shape index (κ3) is 4.13. The Bertz CT molecular complexity index is 632. The Hall–Kier alpha value is -2.21. The third-order valence-corrected chi connectivity index (χ3v) is 2.98. The van der Waals surface area contributed by atoms with Gasteiger partial charge < -0.3 is 14.8 Å². The normalized spacial score (nSPS) is 10.8. The summed E-state index contributed by atoms with van der Waals surface area (Å²) in [5.74, 6) is -1.86. The molecule has 1 aromatic carbocycles. The smallest absolute Gasteiger partial charge is 0.372 e. The zero-order valence-electron chi connectivity index (χ0n) is 11.5. The highest BCUT2D eigenvalue weighted by molar-refractivity contribution is 5.86. The number of hydrogen-bond acceptors (Lipinski definition) is 3. The van der Waals surface area contributed by atoms with E-state index in [-0.39, 0.29) is 5.76 Å². The molecule has 0 atom stereocenters. The molecule has 0 aliphatic carbocycles. The largest absolute Gasteiger partial charge is 0.475 e. The molecule has 0 saturated carbocycles. The number of rotatable bonds is 6. The van der Waals surface area contributed by atoms with Crippen molar-refractivity contribution in [3.63, 3.8) is 0 Å². The van der Waals surface area contributed by atoms with Crippen LogP contribution in [0, 0.1) is 18.6 Å². The van der Waals surface area contributed by atoms with Crippen LogP contribution in [-0.2, 0) is 13.0 Å². The maximum atomic E-state index is 13.0. The van der Waals surface area contributed by atoms with Gasteiger partial charge in [0.15, 0.2) is 0 Å². The predicted octanol–water partition coefficient (Wildman–Crippen LogP) is 2.90. The van der Waals surface area contributed by atoms with Gasteiger partial charge in [0.1, 0.15) is 17.4 Å². The number of benzene rings is 1. The van der Waals surface area contributed by atoms with Crippen molar-refractivity contribution in [1.82, 2.24) is 5.32 Å². The molecule has 0 radical (unpaired) electrons. The van der Waals surface area contributed by atoms with Gasteiger partial charge in [-0.3, -0.25) is 0 Å². The average Bonchev–Trinajstić information content (AvgIpc) is 2.75. The molecule has 0 bridgehead atoms. The Kier molecular flexibility index (Phi) is 4.70. The first-order valence-corrected chi connectivity index (χ1v) is 6.44. The summed E-state index contributed by atoms with van der Waals surface area (Å²) in [5, 5.41) is 11.9. The summed E-state index contributed by atoms with van der Waals surface area (Å²) in [5.41, 5.74) is 1.12. The van der Waals surface area contributed by atoms with Gasteiger partial charge in [-0.05, 0) is 43.7 Å². The van der Waals surface area contributed by atoms with Crippen LogP contribution in [0.4, 0.5) is 8.78 Å². The van der Waals surface area contributed by atoms with Crippen LogP contribution in [0.1, 0.15) is 27.4 Å². The van der Waals surface area contributed by atoms with E-state index in [1.165, 1.54) is 12.1 Å². The quantitative estimate of drug-likeness (QED) is 0.804. The summed E-state index contributed by atoms with van der Waals surface area (Å²) in [7, 11) is 0. The van der Waals surface area contributed by atoms with E-state index in [0.717, 1.165) is 6.07 Å². The van der Waals surface area contributed by atoms with Crippen LogP contribution in [0.3, 0.4) is 0 Å². The van der Waals surface area contributed by atoms with Crippen molar-refractivity contribution in [3.05, 3.63) is 58.5 Å².